The second-order valence-corrected chi connectivity index (χ2v) is 7.85. The van der Waals surface area contributed by atoms with E-state index in [9.17, 15) is 18.0 Å². The Bertz CT molecular complexity index is 627. The lowest BCUT2D eigenvalue weighted by atomic mass is 9.77. The van der Waals surface area contributed by atoms with Crippen molar-refractivity contribution in [1.29, 1.82) is 0 Å². The average Bonchev–Trinajstić information content (AvgIpc) is 2.59. The number of aromatic nitrogens is 1. The van der Waals surface area contributed by atoms with Crippen molar-refractivity contribution in [3.63, 3.8) is 0 Å². The molecule has 1 aliphatic heterocycles. The lowest BCUT2D eigenvalue weighted by Gasteiger charge is -2.45. The Morgan fingerprint density at radius 3 is 2.52 bits per heavy atom. The highest BCUT2D eigenvalue weighted by molar-refractivity contribution is 5.68. The summed E-state index contributed by atoms with van der Waals surface area (Å²) in [5.41, 5.74) is -1.06. The highest BCUT2D eigenvalue weighted by atomic mass is 19.4. The Morgan fingerprint density at radius 1 is 1.30 bits per heavy atom. The standard InChI is InChI=1S/C19H27F3N2O3/c1-5-26-17(25)24-9-8-13(10-16(24)18(2,3)4)12-27-14-6-7-15(23-11-14)19(20,21)22/h6-7,11,13,16H,5,8-10,12H2,1-4H3. The van der Waals surface area contributed by atoms with Gasteiger partial charge in [-0.05, 0) is 43.2 Å². The van der Waals surface area contributed by atoms with Crippen molar-refractivity contribution in [3.05, 3.63) is 24.0 Å². The molecule has 1 fully saturated rings. The summed E-state index contributed by atoms with van der Waals surface area (Å²) in [7, 11) is 0. The summed E-state index contributed by atoms with van der Waals surface area (Å²) in [5.74, 6) is 0.505. The van der Waals surface area contributed by atoms with E-state index in [4.69, 9.17) is 9.47 Å². The summed E-state index contributed by atoms with van der Waals surface area (Å²) >= 11 is 0. The molecule has 27 heavy (non-hydrogen) atoms. The van der Waals surface area contributed by atoms with Gasteiger partial charge in [0.25, 0.3) is 0 Å². The summed E-state index contributed by atoms with van der Waals surface area (Å²) < 4.78 is 48.5. The molecule has 1 saturated heterocycles. The minimum atomic E-state index is -4.46. The summed E-state index contributed by atoms with van der Waals surface area (Å²) in [5, 5.41) is 0. The number of piperidine rings is 1. The van der Waals surface area contributed by atoms with Crippen LogP contribution in [0.1, 0.15) is 46.2 Å². The summed E-state index contributed by atoms with van der Waals surface area (Å²) in [6, 6.07) is 2.20. The number of hydrogen-bond acceptors (Lipinski definition) is 4. The third kappa shape index (κ3) is 5.74. The van der Waals surface area contributed by atoms with E-state index in [0.29, 0.717) is 25.5 Å². The molecule has 1 aliphatic rings. The molecule has 0 saturated carbocycles. The number of rotatable bonds is 4. The number of amides is 1. The van der Waals surface area contributed by atoms with Gasteiger partial charge in [0.05, 0.1) is 19.4 Å². The van der Waals surface area contributed by atoms with Crippen LogP contribution in [0.3, 0.4) is 0 Å². The van der Waals surface area contributed by atoms with Crippen LogP contribution in [0, 0.1) is 11.3 Å². The maximum Gasteiger partial charge on any atom is 0.433 e. The van der Waals surface area contributed by atoms with E-state index in [2.05, 4.69) is 25.8 Å². The first-order valence-corrected chi connectivity index (χ1v) is 9.11. The van der Waals surface area contributed by atoms with E-state index >= 15 is 0 Å². The molecule has 2 unspecified atom stereocenters. The average molecular weight is 388 g/mol. The Hall–Kier alpha value is -1.99. The molecule has 2 rings (SSSR count). The summed E-state index contributed by atoms with van der Waals surface area (Å²) in [6.45, 7) is 9.28. The van der Waals surface area contributed by atoms with Crippen molar-refractivity contribution in [2.24, 2.45) is 11.3 Å². The SMILES string of the molecule is CCOC(=O)N1CCC(COc2ccc(C(F)(F)F)nc2)CC1C(C)(C)C. The molecular weight excluding hydrogens is 361 g/mol. The third-order valence-electron chi connectivity index (χ3n) is 4.73. The molecule has 8 heteroatoms. The van der Waals surface area contributed by atoms with Crippen LogP contribution in [0.4, 0.5) is 18.0 Å². The van der Waals surface area contributed by atoms with E-state index in [1.807, 2.05) is 0 Å². The molecule has 2 atom stereocenters. The van der Waals surface area contributed by atoms with Gasteiger partial charge < -0.3 is 14.4 Å². The van der Waals surface area contributed by atoms with Gasteiger partial charge in [0.1, 0.15) is 11.4 Å². The number of pyridine rings is 1. The van der Waals surface area contributed by atoms with Gasteiger partial charge in [-0.15, -0.1) is 0 Å². The number of hydrogen-bond donors (Lipinski definition) is 0. The van der Waals surface area contributed by atoms with E-state index in [1.165, 1.54) is 6.07 Å². The van der Waals surface area contributed by atoms with Crippen molar-refractivity contribution in [3.8, 4) is 5.75 Å². The fourth-order valence-electron chi connectivity index (χ4n) is 3.28. The van der Waals surface area contributed by atoms with Gasteiger partial charge in [0, 0.05) is 12.6 Å². The topological polar surface area (TPSA) is 51.7 Å². The van der Waals surface area contributed by atoms with E-state index < -0.39 is 11.9 Å². The van der Waals surface area contributed by atoms with E-state index in [-0.39, 0.29) is 23.5 Å². The fraction of sp³-hybridized carbons (Fsp3) is 0.684. The number of carbonyl (C=O) groups is 1. The van der Waals surface area contributed by atoms with Crippen LogP contribution in [0.25, 0.3) is 0 Å². The zero-order chi connectivity index (χ0) is 20.2. The number of halogens is 3. The minimum absolute atomic E-state index is 0.00429. The molecule has 5 nitrogen and oxygen atoms in total. The zero-order valence-corrected chi connectivity index (χ0v) is 16.2. The van der Waals surface area contributed by atoms with Gasteiger partial charge in [-0.2, -0.15) is 13.2 Å². The smallest absolute Gasteiger partial charge is 0.433 e. The maximum absolute atomic E-state index is 12.6. The second kappa shape index (κ2) is 8.35. The monoisotopic (exact) mass is 388 g/mol. The van der Waals surface area contributed by atoms with Crippen molar-refractivity contribution in [2.75, 3.05) is 19.8 Å². The van der Waals surface area contributed by atoms with Crippen molar-refractivity contribution in [2.45, 2.75) is 52.8 Å². The van der Waals surface area contributed by atoms with Crippen molar-refractivity contribution >= 4 is 6.09 Å². The van der Waals surface area contributed by atoms with Crippen molar-refractivity contribution < 1.29 is 27.4 Å². The van der Waals surface area contributed by atoms with Gasteiger partial charge >= 0.3 is 12.3 Å². The van der Waals surface area contributed by atoms with Crippen LogP contribution in [0.2, 0.25) is 0 Å². The Balaban J connectivity index is 1.97. The van der Waals surface area contributed by atoms with Gasteiger partial charge in [-0.25, -0.2) is 9.78 Å². The van der Waals surface area contributed by atoms with Crippen LogP contribution in [0.5, 0.6) is 5.75 Å². The first-order chi connectivity index (χ1) is 12.5. The normalized spacial score (nSPS) is 21.1. The molecular formula is C19H27F3N2O3. The molecule has 0 aromatic carbocycles. The molecule has 2 heterocycles. The van der Waals surface area contributed by atoms with Crippen LogP contribution < -0.4 is 4.74 Å². The van der Waals surface area contributed by atoms with Crippen molar-refractivity contribution in [1.82, 2.24) is 9.88 Å². The van der Waals surface area contributed by atoms with E-state index in [1.54, 1.807) is 11.8 Å². The molecule has 0 bridgehead atoms. The fourth-order valence-corrected chi connectivity index (χ4v) is 3.28. The molecule has 1 aromatic heterocycles. The Kier molecular flexibility index (Phi) is 6.59. The Labute approximate surface area is 157 Å². The molecule has 1 aromatic rings. The first-order valence-electron chi connectivity index (χ1n) is 9.11. The number of nitrogens with zero attached hydrogens (tertiary/aromatic N) is 2. The highest BCUT2D eigenvalue weighted by Gasteiger charge is 2.39. The predicted molar refractivity (Wildman–Crippen MR) is 94.4 cm³/mol. The first kappa shape index (κ1) is 21.3. The van der Waals surface area contributed by atoms with Gasteiger partial charge in [0.15, 0.2) is 0 Å². The third-order valence-corrected chi connectivity index (χ3v) is 4.73. The molecule has 0 spiro atoms. The van der Waals surface area contributed by atoms with E-state index in [0.717, 1.165) is 25.1 Å². The van der Waals surface area contributed by atoms with Gasteiger partial charge in [-0.3, -0.25) is 0 Å². The highest BCUT2D eigenvalue weighted by Crippen LogP contribution is 2.35. The number of ether oxygens (including phenoxy) is 2. The maximum atomic E-state index is 12.6. The molecule has 0 radical (unpaired) electrons. The molecule has 0 aliphatic carbocycles. The van der Waals surface area contributed by atoms with Crippen LogP contribution in [-0.4, -0.2) is 41.8 Å². The lowest BCUT2D eigenvalue weighted by Crippen LogP contribution is -2.52. The molecule has 0 N–H and O–H groups in total. The number of alkyl halides is 3. The van der Waals surface area contributed by atoms with Crippen LogP contribution in [0.15, 0.2) is 18.3 Å². The lowest BCUT2D eigenvalue weighted by molar-refractivity contribution is -0.141. The largest absolute Gasteiger partial charge is 0.492 e. The summed E-state index contributed by atoms with van der Waals surface area (Å²) in [6.07, 6.45) is -2.17. The number of likely N-dealkylation sites (tertiary alicyclic amines) is 1. The summed E-state index contributed by atoms with van der Waals surface area (Å²) in [4.78, 5) is 17.4. The predicted octanol–water partition coefficient (Wildman–Crippen LogP) is 4.76. The number of carbonyl (C=O) groups excluding carboxylic acids is 1. The Morgan fingerprint density at radius 2 is 2.00 bits per heavy atom. The molecule has 1 amide bonds. The quantitative estimate of drug-likeness (QED) is 0.746. The zero-order valence-electron chi connectivity index (χ0n) is 16.2. The second-order valence-electron chi connectivity index (χ2n) is 7.85. The molecule has 152 valence electrons. The van der Waals surface area contributed by atoms with Crippen LogP contribution >= 0.6 is 0 Å². The minimum Gasteiger partial charge on any atom is -0.492 e. The van der Waals surface area contributed by atoms with Crippen LogP contribution in [-0.2, 0) is 10.9 Å². The van der Waals surface area contributed by atoms with Gasteiger partial charge in [-0.1, -0.05) is 20.8 Å². The van der Waals surface area contributed by atoms with Gasteiger partial charge in [0.2, 0.25) is 0 Å².